The smallest absolute Gasteiger partial charge is 0.253 e. The zero-order chi connectivity index (χ0) is 18.0. The molecule has 4 rings (SSSR count). The largest absolute Gasteiger partial charge is 0.339 e. The molecule has 1 aromatic heterocycles. The Balaban J connectivity index is 1.48. The second kappa shape index (κ2) is 7.20. The number of thioether (sulfide) groups is 1. The molecule has 1 aliphatic carbocycles. The van der Waals surface area contributed by atoms with E-state index in [1.54, 1.807) is 11.8 Å². The van der Waals surface area contributed by atoms with Crippen LogP contribution in [0.1, 0.15) is 34.6 Å². The van der Waals surface area contributed by atoms with Gasteiger partial charge in [-0.25, -0.2) is 0 Å². The van der Waals surface area contributed by atoms with E-state index in [0.29, 0.717) is 11.4 Å². The number of hydrogen-bond acceptors (Lipinski definition) is 5. The number of tetrazole rings is 1. The molecule has 132 valence electrons. The summed E-state index contributed by atoms with van der Waals surface area (Å²) in [6.07, 6.45) is 1.65. The van der Waals surface area contributed by atoms with Gasteiger partial charge in [0.25, 0.3) is 5.91 Å². The first-order valence-electron chi connectivity index (χ1n) is 8.19. The van der Waals surface area contributed by atoms with Crippen molar-refractivity contribution in [3.63, 3.8) is 0 Å². The summed E-state index contributed by atoms with van der Waals surface area (Å²) < 4.78 is 1.06. The first-order valence-corrected chi connectivity index (χ1v) is 9.97. The van der Waals surface area contributed by atoms with E-state index in [-0.39, 0.29) is 5.91 Å². The maximum Gasteiger partial charge on any atom is 0.253 e. The Morgan fingerprint density at radius 1 is 1.19 bits per heavy atom. The van der Waals surface area contributed by atoms with E-state index in [4.69, 9.17) is 0 Å². The highest BCUT2D eigenvalue weighted by atomic mass is 79.9. The van der Waals surface area contributed by atoms with Gasteiger partial charge >= 0.3 is 0 Å². The summed E-state index contributed by atoms with van der Waals surface area (Å²) in [5, 5.41) is 17.2. The van der Waals surface area contributed by atoms with Crippen LogP contribution in [-0.4, -0.2) is 26.5 Å². The van der Waals surface area contributed by atoms with Gasteiger partial charge in [0.15, 0.2) is 5.82 Å². The van der Waals surface area contributed by atoms with E-state index < -0.39 is 5.54 Å². The molecular weight excluding hydrogens is 414 g/mol. The van der Waals surface area contributed by atoms with Crippen LogP contribution in [0, 0.1) is 0 Å². The molecule has 0 saturated heterocycles. The summed E-state index contributed by atoms with van der Waals surface area (Å²) in [5.74, 6) is 1.24. The van der Waals surface area contributed by atoms with Crippen LogP contribution in [0.15, 0.2) is 57.9 Å². The first kappa shape index (κ1) is 17.2. The summed E-state index contributed by atoms with van der Waals surface area (Å²) >= 11 is 5.10. The number of aromatic nitrogens is 4. The molecule has 1 fully saturated rings. The minimum atomic E-state index is -0.479. The summed E-state index contributed by atoms with van der Waals surface area (Å²) in [5.41, 5.74) is 1.40. The second-order valence-electron chi connectivity index (χ2n) is 6.18. The van der Waals surface area contributed by atoms with Gasteiger partial charge in [0.05, 0.1) is 5.56 Å². The zero-order valence-electron chi connectivity index (χ0n) is 13.8. The van der Waals surface area contributed by atoms with Crippen LogP contribution < -0.4 is 5.32 Å². The number of nitrogens with zero attached hydrogens (tertiary/aromatic N) is 3. The monoisotopic (exact) mass is 429 g/mol. The fourth-order valence-electron chi connectivity index (χ4n) is 2.70. The average Bonchev–Trinajstić information content (AvgIpc) is 3.21. The summed E-state index contributed by atoms with van der Waals surface area (Å²) in [6.45, 7) is 0. The predicted molar refractivity (Wildman–Crippen MR) is 103 cm³/mol. The Bertz CT molecular complexity index is 910. The molecule has 0 aliphatic heterocycles. The highest BCUT2D eigenvalue weighted by molar-refractivity contribution is 9.10. The molecule has 3 aromatic rings. The number of carbonyl (C=O) groups is 1. The number of halogens is 1. The Labute approximate surface area is 163 Å². The lowest BCUT2D eigenvalue weighted by atomic mass is 10.1. The van der Waals surface area contributed by atoms with Crippen LogP contribution in [0.3, 0.4) is 0 Å². The van der Waals surface area contributed by atoms with Crippen molar-refractivity contribution in [1.82, 2.24) is 25.9 Å². The minimum Gasteiger partial charge on any atom is -0.339 e. The Morgan fingerprint density at radius 2 is 1.96 bits per heavy atom. The molecule has 0 spiro atoms. The molecular formula is C18H16BrN5OS. The third-order valence-electron chi connectivity index (χ3n) is 4.32. The van der Waals surface area contributed by atoms with Gasteiger partial charge in [-0.15, -0.1) is 22.0 Å². The van der Waals surface area contributed by atoms with Crippen LogP contribution in [0.25, 0.3) is 0 Å². The number of aromatic amines is 1. The maximum absolute atomic E-state index is 12.9. The molecule has 0 bridgehead atoms. The van der Waals surface area contributed by atoms with Gasteiger partial charge < -0.3 is 5.32 Å². The molecule has 1 amide bonds. The highest BCUT2D eigenvalue weighted by Gasteiger charge is 2.49. The number of carbonyl (C=O) groups excluding carboxylic acids is 1. The topological polar surface area (TPSA) is 83.6 Å². The number of nitrogens with one attached hydrogen (secondary N) is 2. The molecule has 1 saturated carbocycles. The molecule has 8 heteroatoms. The van der Waals surface area contributed by atoms with Crippen molar-refractivity contribution in [1.29, 1.82) is 0 Å². The minimum absolute atomic E-state index is 0.105. The molecule has 2 N–H and O–H groups in total. The number of amides is 1. The van der Waals surface area contributed by atoms with Crippen LogP contribution in [0.2, 0.25) is 0 Å². The fourth-order valence-corrected chi connectivity index (χ4v) is 3.97. The fraction of sp³-hybridized carbons (Fsp3) is 0.222. The number of rotatable bonds is 6. The van der Waals surface area contributed by atoms with Gasteiger partial charge in [-0.05, 0) is 42.7 Å². The maximum atomic E-state index is 12.9. The van der Waals surface area contributed by atoms with E-state index in [2.05, 4.69) is 54.0 Å². The van der Waals surface area contributed by atoms with Crippen molar-refractivity contribution in [3.05, 3.63) is 70.0 Å². The number of benzene rings is 2. The molecule has 26 heavy (non-hydrogen) atoms. The molecule has 0 radical (unpaired) electrons. The third kappa shape index (κ3) is 3.66. The highest BCUT2D eigenvalue weighted by Crippen LogP contribution is 2.43. The Hall–Kier alpha value is -2.19. The molecule has 2 aromatic carbocycles. The van der Waals surface area contributed by atoms with Crippen molar-refractivity contribution in [2.45, 2.75) is 29.0 Å². The first-order chi connectivity index (χ1) is 12.7. The van der Waals surface area contributed by atoms with Gasteiger partial charge in [0, 0.05) is 15.1 Å². The van der Waals surface area contributed by atoms with Gasteiger partial charge in [0.1, 0.15) is 5.54 Å². The van der Waals surface area contributed by atoms with Crippen molar-refractivity contribution in [3.8, 4) is 0 Å². The summed E-state index contributed by atoms with van der Waals surface area (Å²) in [7, 11) is 0. The lowest BCUT2D eigenvalue weighted by Gasteiger charge is -2.15. The van der Waals surface area contributed by atoms with Gasteiger partial charge in [-0.3, -0.25) is 4.79 Å². The number of hydrogen-bond donors (Lipinski definition) is 2. The van der Waals surface area contributed by atoms with Crippen LogP contribution in [0.5, 0.6) is 0 Å². The van der Waals surface area contributed by atoms with E-state index >= 15 is 0 Å². The van der Waals surface area contributed by atoms with E-state index in [1.807, 2.05) is 36.4 Å². The third-order valence-corrected chi connectivity index (χ3v) is 5.99. The summed E-state index contributed by atoms with van der Waals surface area (Å²) in [6, 6.07) is 15.9. The van der Waals surface area contributed by atoms with Crippen molar-refractivity contribution in [2.24, 2.45) is 0 Å². The van der Waals surface area contributed by atoms with Gasteiger partial charge in [-0.2, -0.15) is 5.21 Å². The number of H-pyrrole nitrogens is 1. The van der Waals surface area contributed by atoms with Crippen molar-refractivity contribution >= 4 is 33.6 Å². The SMILES string of the molecule is O=C(NC1(c2nn[nH]n2)CC1)c1ccccc1SCc1ccc(Br)cc1. The average molecular weight is 430 g/mol. The lowest BCUT2D eigenvalue weighted by Crippen LogP contribution is -2.36. The Kier molecular flexibility index (Phi) is 4.78. The van der Waals surface area contributed by atoms with Crippen LogP contribution >= 0.6 is 27.7 Å². The normalized spacial score (nSPS) is 14.8. The van der Waals surface area contributed by atoms with Crippen molar-refractivity contribution in [2.75, 3.05) is 0 Å². The predicted octanol–water partition coefficient (Wildman–Crippen LogP) is 3.67. The molecule has 6 nitrogen and oxygen atoms in total. The molecule has 0 atom stereocenters. The molecule has 0 unspecified atom stereocenters. The standard InChI is InChI=1S/C18H16BrN5OS/c19-13-7-5-12(6-8-13)11-26-15-4-2-1-3-14(15)16(25)20-18(9-10-18)17-21-23-24-22-17/h1-8H,9-11H2,(H,20,25)(H,21,22,23,24). The molecule has 1 aliphatic rings. The van der Waals surface area contributed by atoms with E-state index in [1.165, 1.54) is 5.56 Å². The Morgan fingerprint density at radius 3 is 2.65 bits per heavy atom. The second-order valence-corrected chi connectivity index (χ2v) is 8.12. The van der Waals surface area contributed by atoms with Crippen LogP contribution in [0.4, 0.5) is 0 Å². The van der Waals surface area contributed by atoms with Gasteiger partial charge in [-0.1, -0.05) is 45.4 Å². The van der Waals surface area contributed by atoms with E-state index in [9.17, 15) is 4.79 Å². The van der Waals surface area contributed by atoms with E-state index in [0.717, 1.165) is 28.0 Å². The zero-order valence-corrected chi connectivity index (χ0v) is 16.2. The van der Waals surface area contributed by atoms with Gasteiger partial charge in [0.2, 0.25) is 0 Å². The van der Waals surface area contributed by atoms with Crippen LogP contribution in [-0.2, 0) is 11.3 Å². The lowest BCUT2D eigenvalue weighted by molar-refractivity contribution is 0.0925. The quantitative estimate of drug-likeness (QED) is 0.583. The molecule has 1 heterocycles. The summed E-state index contributed by atoms with van der Waals surface area (Å²) in [4.78, 5) is 13.8. The van der Waals surface area contributed by atoms with Crippen molar-refractivity contribution < 1.29 is 4.79 Å².